The first-order valence-electron chi connectivity index (χ1n) is 5.87. The van der Waals surface area contributed by atoms with Gasteiger partial charge in [-0.15, -0.1) is 11.6 Å². The second-order valence-electron chi connectivity index (χ2n) is 4.87. The van der Waals surface area contributed by atoms with Gasteiger partial charge in [-0.1, -0.05) is 19.3 Å². The first kappa shape index (κ1) is 11.1. The molecule has 2 fully saturated rings. The number of carbonyl (C=O) groups excluding carboxylic acids is 2. The second-order valence-corrected chi connectivity index (χ2v) is 5.59. The zero-order valence-electron chi connectivity index (χ0n) is 8.93. The van der Waals surface area contributed by atoms with Gasteiger partial charge in [0.05, 0.1) is 6.42 Å². The Morgan fingerprint density at radius 1 is 1.13 bits per heavy atom. The monoisotopic (exact) mass is 228 g/mol. The van der Waals surface area contributed by atoms with E-state index in [0.717, 1.165) is 38.5 Å². The highest BCUT2D eigenvalue weighted by Gasteiger charge is 2.48. The van der Waals surface area contributed by atoms with E-state index >= 15 is 0 Å². The quantitative estimate of drug-likeness (QED) is 0.548. The molecule has 2 nitrogen and oxygen atoms in total. The van der Waals surface area contributed by atoms with Crippen molar-refractivity contribution in [3.8, 4) is 0 Å². The predicted molar refractivity (Wildman–Crippen MR) is 59.0 cm³/mol. The molecule has 2 saturated carbocycles. The van der Waals surface area contributed by atoms with E-state index in [9.17, 15) is 9.59 Å². The van der Waals surface area contributed by atoms with Crippen LogP contribution in [0.15, 0.2) is 0 Å². The summed E-state index contributed by atoms with van der Waals surface area (Å²) in [6, 6.07) is 0. The summed E-state index contributed by atoms with van der Waals surface area (Å²) in [5.41, 5.74) is 0. The van der Waals surface area contributed by atoms with Crippen molar-refractivity contribution >= 4 is 23.2 Å². The van der Waals surface area contributed by atoms with E-state index in [-0.39, 0.29) is 23.9 Å². The molecule has 0 aliphatic heterocycles. The largest absolute Gasteiger partial charge is 0.299 e. The summed E-state index contributed by atoms with van der Waals surface area (Å²) in [5, 5.41) is 0. The molecule has 2 aliphatic carbocycles. The molecule has 0 aromatic heterocycles. The highest BCUT2D eigenvalue weighted by Crippen LogP contribution is 2.44. The minimum absolute atomic E-state index is 0.0419. The Labute approximate surface area is 95.4 Å². The van der Waals surface area contributed by atoms with E-state index < -0.39 is 4.87 Å². The lowest BCUT2D eigenvalue weighted by Gasteiger charge is -2.20. The van der Waals surface area contributed by atoms with Crippen molar-refractivity contribution in [3.63, 3.8) is 0 Å². The van der Waals surface area contributed by atoms with Crippen LogP contribution in [0.25, 0.3) is 0 Å². The average Bonchev–Trinajstić information content (AvgIpc) is 2.99. The molecule has 3 heteroatoms. The maximum atomic E-state index is 11.8. The third-order valence-electron chi connectivity index (χ3n) is 3.58. The summed E-state index contributed by atoms with van der Waals surface area (Å²) in [4.78, 5) is 22.8. The highest BCUT2D eigenvalue weighted by molar-refractivity contribution is 6.38. The van der Waals surface area contributed by atoms with Crippen molar-refractivity contribution in [1.29, 1.82) is 0 Å². The Bertz CT molecular complexity index is 275. The fourth-order valence-electron chi connectivity index (χ4n) is 2.27. The van der Waals surface area contributed by atoms with Gasteiger partial charge in [-0.3, -0.25) is 9.59 Å². The summed E-state index contributed by atoms with van der Waals surface area (Å²) in [7, 11) is 0. The number of Topliss-reactive ketones (excluding diaryl/α,β-unsaturated/α-hetero) is 2. The van der Waals surface area contributed by atoms with Crippen LogP contribution in [-0.4, -0.2) is 16.4 Å². The molecule has 0 radical (unpaired) electrons. The van der Waals surface area contributed by atoms with Crippen molar-refractivity contribution in [1.82, 2.24) is 0 Å². The van der Waals surface area contributed by atoms with Crippen LogP contribution < -0.4 is 0 Å². The molecule has 0 spiro atoms. The Kier molecular flexibility index (Phi) is 3.15. The van der Waals surface area contributed by atoms with Gasteiger partial charge in [0.1, 0.15) is 10.7 Å². The van der Waals surface area contributed by atoms with Crippen molar-refractivity contribution in [2.45, 2.75) is 56.2 Å². The molecule has 2 rings (SSSR count). The summed E-state index contributed by atoms with van der Waals surface area (Å²) < 4.78 is 0. The Hall–Kier alpha value is -0.370. The molecule has 0 saturated heterocycles. The van der Waals surface area contributed by atoms with Crippen LogP contribution in [-0.2, 0) is 9.59 Å². The molecule has 84 valence electrons. The van der Waals surface area contributed by atoms with Gasteiger partial charge in [-0.05, 0) is 25.7 Å². The number of ketones is 2. The molecule has 15 heavy (non-hydrogen) atoms. The molecule has 0 aromatic carbocycles. The van der Waals surface area contributed by atoms with Crippen molar-refractivity contribution in [2.24, 2.45) is 5.92 Å². The van der Waals surface area contributed by atoms with Crippen molar-refractivity contribution in [3.05, 3.63) is 0 Å². The Morgan fingerprint density at radius 2 is 1.73 bits per heavy atom. The second kappa shape index (κ2) is 4.25. The summed E-state index contributed by atoms with van der Waals surface area (Å²) in [5.74, 6) is 0.230. The van der Waals surface area contributed by atoms with Crippen LogP contribution in [0.3, 0.4) is 0 Å². The van der Waals surface area contributed by atoms with Crippen LogP contribution in [0.5, 0.6) is 0 Å². The average molecular weight is 229 g/mol. The fourth-order valence-corrected chi connectivity index (χ4v) is 2.44. The SMILES string of the molecule is O=C(CC(=O)C1(Cl)CC1)C1CCCCC1. The first-order valence-corrected chi connectivity index (χ1v) is 6.24. The van der Waals surface area contributed by atoms with Crippen LogP contribution in [0.4, 0.5) is 0 Å². The summed E-state index contributed by atoms with van der Waals surface area (Å²) >= 11 is 5.98. The van der Waals surface area contributed by atoms with Crippen molar-refractivity contribution < 1.29 is 9.59 Å². The van der Waals surface area contributed by atoms with Gasteiger partial charge in [-0.25, -0.2) is 0 Å². The molecular formula is C12H17ClO2. The van der Waals surface area contributed by atoms with Crippen molar-refractivity contribution in [2.75, 3.05) is 0 Å². The maximum Gasteiger partial charge on any atom is 0.161 e. The number of halogens is 1. The number of rotatable bonds is 4. The van der Waals surface area contributed by atoms with Gasteiger partial charge in [0.25, 0.3) is 0 Å². The van der Waals surface area contributed by atoms with Crippen LogP contribution in [0.1, 0.15) is 51.4 Å². The van der Waals surface area contributed by atoms with Gasteiger partial charge in [-0.2, -0.15) is 0 Å². The maximum absolute atomic E-state index is 11.8. The molecule has 0 aromatic rings. The molecule has 2 aliphatic rings. The standard InChI is InChI=1S/C12H17ClO2/c13-12(6-7-12)11(15)8-10(14)9-4-2-1-3-5-9/h9H,1-8H2. The third-order valence-corrected chi connectivity index (χ3v) is 4.17. The van der Waals surface area contributed by atoms with E-state index in [1.807, 2.05) is 0 Å². The van der Waals surface area contributed by atoms with Gasteiger partial charge in [0.2, 0.25) is 0 Å². The predicted octanol–water partition coefficient (Wildman–Crippen LogP) is 2.87. The van der Waals surface area contributed by atoms with Crippen LogP contribution in [0, 0.1) is 5.92 Å². The Morgan fingerprint density at radius 3 is 2.27 bits per heavy atom. The smallest absolute Gasteiger partial charge is 0.161 e. The molecule has 0 amide bonds. The molecule has 0 N–H and O–H groups in total. The van der Waals surface area contributed by atoms with Gasteiger partial charge >= 0.3 is 0 Å². The third kappa shape index (κ3) is 2.60. The molecule has 0 bridgehead atoms. The van der Waals surface area contributed by atoms with Crippen LogP contribution >= 0.6 is 11.6 Å². The minimum Gasteiger partial charge on any atom is -0.299 e. The summed E-state index contributed by atoms with van der Waals surface area (Å²) in [6.07, 6.45) is 7.04. The lowest BCUT2D eigenvalue weighted by molar-refractivity contribution is -0.130. The molecular weight excluding hydrogens is 212 g/mol. The van der Waals surface area contributed by atoms with Gasteiger partial charge < -0.3 is 0 Å². The fraction of sp³-hybridized carbons (Fsp3) is 0.833. The number of carbonyl (C=O) groups is 2. The molecule has 0 unspecified atom stereocenters. The zero-order valence-corrected chi connectivity index (χ0v) is 9.68. The lowest BCUT2D eigenvalue weighted by Crippen LogP contribution is -2.25. The Balaban J connectivity index is 1.83. The van der Waals surface area contributed by atoms with E-state index in [2.05, 4.69) is 0 Å². The van der Waals surface area contributed by atoms with E-state index in [1.165, 1.54) is 6.42 Å². The summed E-state index contributed by atoms with van der Waals surface area (Å²) in [6.45, 7) is 0. The number of alkyl halides is 1. The minimum atomic E-state index is -0.648. The van der Waals surface area contributed by atoms with E-state index in [0.29, 0.717) is 0 Å². The topological polar surface area (TPSA) is 34.1 Å². The number of hydrogen-bond acceptors (Lipinski definition) is 2. The van der Waals surface area contributed by atoms with E-state index in [1.54, 1.807) is 0 Å². The normalized spacial score (nSPS) is 24.9. The highest BCUT2D eigenvalue weighted by atomic mass is 35.5. The van der Waals surface area contributed by atoms with Crippen LogP contribution in [0.2, 0.25) is 0 Å². The lowest BCUT2D eigenvalue weighted by atomic mass is 9.84. The van der Waals surface area contributed by atoms with Gasteiger partial charge in [0, 0.05) is 5.92 Å². The van der Waals surface area contributed by atoms with E-state index in [4.69, 9.17) is 11.6 Å². The molecule has 0 heterocycles. The number of hydrogen-bond donors (Lipinski definition) is 0. The zero-order chi connectivity index (χ0) is 10.9. The first-order chi connectivity index (χ1) is 7.12. The molecule has 0 atom stereocenters. The van der Waals surface area contributed by atoms with Gasteiger partial charge in [0.15, 0.2) is 5.78 Å².